The van der Waals surface area contributed by atoms with E-state index in [2.05, 4.69) is 27.7 Å². The molecular formula is C21H40O4S2. The van der Waals surface area contributed by atoms with Crippen molar-refractivity contribution in [2.75, 3.05) is 37.2 Å². The summed E-state index contributed by atoms with van der Waals surface area (Å²) >= 11 is 4.03. The van der Waals surface area contributed by atoms with Crippen molar-refractivity contribution in [3.05, 3.63) is 0 Å². The molecule has 0 amide bonds. The molecule has 0 unspecified atom stereocenters. The predicted molar refractivity (Wildman–Crippen MR) is 119 cm³/mol. The van der Waals surface area contributed by atoms with Crippen LogP contribution in [0.2, 0.25) is 0 Å². The van der Waals surface area contributed by atoms with Gasteiger partial charge in [0, 0.05) is 0 Å². The predicted octanol–water partition coefficient (Wildman–Crippen LogP) is 5.58. The molecule has 0 aliphatic carbocycles. The molecule has 0 N–H and O–H groups in total. The van der Waals surface area contributed by atoms with Crippen LogP contribution in [0.4, 0.5) is 0 Å². The molecule has 0 aliphatic heterocycles. The van der Waals surface area contributed by atoms with E-state index in [9.17, 15) is 9.59 Å². The van der Waals surface area contributed by atoms with Crippen molar-refractivity contribution < 1.29 is 19.1 Å². The van der Waals surface area contributed by atoms with Crippen LogP contribution in [0.15, 0.2) is 0 Å². The minimum absolute atomic E-state index is 0.0329. The van der Waals surface area contributed by atoms with Gasteiger partial charge < -0.3 is 9.47 Å². The smallest absolute Gasteiger partial charge is 0.306 e. The van der Waals surface area contributed by atoms with E-state index in [4.69, 9.17) is 9.47 Å². The van der Waals surface area contributed by atoms with Gasteiger partial charge in [-0.1, -0.05) is 27.7 Å². The molecule has 0 aliphatic rings. The molecule has 4 nitrogen and oxygen atoms in total. The van der Waals surface area contributed by atoms with Crippen LogP contribution in [0.3, 0.4) is 0 Å². The number of rotatable bonds is 16. The van der Waals surface area contributed by atoms with Crippen LogP contribution in [0, 0.1) is 10.8 Å². The second kappa shape index (κ2) is 14.6. The highest BCUT2D eigenvalue weighted by Gasteiger charge is 2.22. The summed E-state index contributed by atoms with van der Waals surface area (Å²) in [6, 6.07) is 0. The van der Waals surface area contributed by atoms with Gasteiger partial charge in [0.2, 0.25) is 0 Å². The SMILES string of the molecule is COC(=O)CC(C)(C)CCCSCCCSCCCC(C)(C)CC(=O)OC. The standard InChI is InChI=1S/C21H40O4S2/c1-20(2,16-18(22)24-5)10-7-12-26-14-9-15-27-13-8-11-21(3,4)17-19(23)25-6/h7-17H2,1-6H3. The van der Waals surface area contributed by atoms with Crippen LogP contribution < -0.4 is 0 Å². The number of esters is 2. The number of thioether (sulfide) groups is 2. The Morgan fingerprint density at radius 1 is 0.667 bits per heavy atom. The molecule has 6 heteroatoms. The number of ether oxygens (including phenoxy) is 2. The maximum Gasteiger partial charge on any atom is 0.306 e. The molecule has 0 radical (unpaired) electrons. The van der Waals surface area contributed by atoms with Crippen LogP contribution in [0.1, 0.15) is 72.6 Å². The van der Waals surface area contributed by atoms with E-state index in [0.717, 1.165) is 37.2 Å². The summed E-state index contributed by atoms with van der Waals surface area (Å²) in [6.45, 7) is 8.55. The van der Waals surface area contributed by atoms with Crippen molar-refractivity contribution >= 4 is 35.5 Å². The molecule has 0 saturated carbocycles. The Kier molecular flexibility index (Phi) is 14.4. The molecule has 0 rings (SSSR count). The zero-order valence-electron chi connectivity index (χ0n) is 18.2. The number of carbonyl (C=O) groups is 2. The maximum absolute atomic E-state index is 11.4. The Morgan fingerprint density at radius 2 is 1.00 bits per heavy atom. The highest BCUT2D eigenvalue weighted by Crippen LogP contribution is 2.29. The Balaban J connectivity index is 3.53. The maximum atomic E-state index is 11.4. The number of carbonyl (C=O) groups excluding carboxylic acids is 2. The molecule has 0 bridgehead atoms. The lowest BCUT2D eigenvalue weighted by Crippen LogP contribution is -2.18. The summed E-state index contributed by atoms with van der Waals surface area (Å²) in [5.74, 6) is 4.52. The largest absolute Gasteiger partial charge is 0.469 e. The Bertz CT molecular complexity index is 384. The van der Waals surface area contributed by atoms with Crippen LogP contribution >= 0.6 is 23.5 Å². The summed E-state index contributed by atoms with van der Waals surface area (Å²) in [7, 11) is 2.91. The van der Waals surface area contributed by atoms with E-state index in [0.29, 0.717) is 12.8 Å². The molecule has 0 heterocycles. The third-order valence-electron chi connectivity index (χ3n) is 4.56. The Labute approximate surface area is 175 Å². The van der Waals surface area contributed by atoms with E-state index >= 15 is 0 Å². The molecule has 0 aromatic rings. The van der Waals surface area contributed by atoms with E-state index in [1.807, 2.05) is 23.5 Å². The van der Waals surface area contributed by atoms with Gasteiger partial charge >= 0.3 is 11.9 Å². The quantitative estimate of drug-likeness (QED) is 0.240. The van der Waals surface area contributed by atoms with Gasteiger partial charge in [0.15, 0.2) is 0 Å². The van der Waals surface area contributed by atoms with Gasteiger partial charge in [-0.2, -0.15) is 23.5 Å². The monoisotopic (exact) mass is 420 g/mol. The second-order valence-electron chi connectivity index (χ2n) is 8.62. The van der Waals surface area contributed by atoms with Crippen LogP contribution in [-0.2, 0) is 19.1 Å². The first-order chi connectivity index (χ1) is 12.6. The van der Waals surface area contributed by atoms with E-state index in [1.165, 1.54) is 32.1 Å². The summed E-state index contributed by atoms with van der Waals surface area (Å²) in [4.78, 5) is 22.7. The fourth-order valence-corrected chi connectivity index (χ4v) is 4.86. The zero-order chi connectivity index (χ0) is 20.8. The lowest BCUT2D eigenvalue weighted by molar-refractivity contribution is -0.144. The third-order valence-corrected chi connectivity index (χ3v) is 6.87. The van der Waals surface area contributed by atoms with Gasteiger partial charge in [-0.3, -0.25) is 9.59 Å². The van der Waals surface area contributed by atoms with Gasteiger partial charge in [-0.05, 0) is 65.9 Å². The van der Waals surface area contributed by atoms with Crippen molar-refractivity contribution in [2.45, 2.75) is 72.6 Å². The lowest BCUT2D eigenvalue weighted by atomic mass is 9.85. The van der Waals surface area contributed by atoms with E-state index in [-0.39, 0.29) is 22.8 Å². The molecule has 160 valence electrons. The molecular weight excluding hydrogens is 380 g/mol. The topological polar surface area (TPSA) is 52.6 Å². The van der Waals surface area contributed by atoms with Crippen molar-refractivity contribution in [1.82, 2.24) is 0 Å². The Hall–Kier alpha value is -0.360. The van der Waals surface area contributed by atoms with Gasteiger partial charge in [0.05, 0.1) is 27.1 Å². The summed E-state index contributed by atoms with van der Waals surface area (Å²) in [6.07, 6.45) is 6.67. The fourth-order valence-electron chi connectivity index (χ4n) is 2.88. The molecule has 0 spiro atoms. The first-order valence-corrected chi connectivity index (χ1v) is 12.2. The van der Waals surface area contributed by atoms with Crippen LogP contribution in [0.25, 0.3) is 0 Å². The molecule has 0 fully saturated rings. The van der Waals surface area contributed by atoms with Crippen molar-refractivity contribution in [3.8, 4) is 0 Å². The van der Waals surface area contributed by atoms with Crippen molar-refractivity contribution in [2.24, 2.45) is 10.8 Å². The third kappa shape index (κ3) is 16.3. The van der Waals surface area contributed by atoms with Crippen molar-refractivity contribution in [1.29, 1.82) is 0 Å². The highest BCUT2D eigenvalue weighted by molar-refractivity contribution is 8.00. The molecule has 0 aromatic carbocycles. The summed E-state index contributed by atoms with van der Waals surface area (Å²) in [5, 5.41) is 0. The normalized spacial score (nSPS) is 12.1. The average Bonchev–Trinajstić information content (AvgIpc) is 2.58. The molecule has 27 heavy (non-hydrogen) atoms. The zero-order valence-corrected chi connectivity index (χ0v) is 19.9. The highest BCUT2D eigenvalue weighted by atomic mass is 32.2. The first-order valence-electron chi connectivity index (χ1n) is 9.91. The second-order valence-corrected chi connectivity index (χ2v) is 11.1. The van der Waals surface area contributed by atoms with Gasteiger partial charge in [-0.25, -0.2) is 0 Å². The number of hydrogen-bond acceptors (Lipinski definition) is 6. The average molecular weight is 421 g/mol. The molecule has 0 aromatic heterocycles. The van der Waals surface area contributed by atoms with Crippen LogP contribution in [0.5, 0.6) is 0 Å². The molecule has 0 atom stereocenters. The minimum atomic E-state index is -0.113. The summed E-state index contributed by atoms with van der Waals surface area (Å²) < 4.78 is 9.52. The lowest BCUT2D eigenvalue weighted by Gasteiger charge is -2.22. The fraction of sp³-hybridized carbons (Fsp3) is 0.905. The summed E-state index contributed by atoms with van der Waals surface area (Å²) in [5.41, 5.74) is 0.0658. The van der Waals surface area contributed by atoms with Crippen LogP contribution in [-0.4, -0.2) is 49.2 Å². The van der Waals surface area contributed by atoms with E-state index < -0.39 is 0 Å². The van der Waals surface area contributed by atoms with Gasteiger partial charge in [0.25, 0.3) is 0 Å². The van der Waals surface area contributed by atoms with Gasteiger partial charge in [-0.15, -0.1) is 0 Å². The first kappa shape index (κ1) is 26.6. The number of hydrogen-bond donors (Lipinski definition) is 0. The van der Waals surface area contributed by atoms with Crippen molar-refractivity contribution in [3.63, 3.8) is 0 Å². The van der Waals surface area contributed by atoms with E-state index in [1.54, 1.807) is 0 Å². The molecule has 0 saturated heterocycles. The Morgan fingerprint density at radius 3 is 1.33 bits per heavy atom. The van der Waals surface area contributed by atoms with Gasteiger partial charge in [0.1, 0.15) is 0 Å². The number of methoxy groups -OCH3 is 2. The minimum Gasteiger partial charge on any atom is -0.469 e.